The lowest BCUT2D eigenvalue weighted by Crippen LogP contribution is -2.36. The number of aliphatic carboxylic acids is 1. The van der Waals surface area contributed by atoms with Crippen LogP contribution >= 0.6 is 0 Å². The smallest absolute Gasteiger partial charge is 0.307 e. The first-order chi connectivity index (χ1) is 9.38. The van der Waals surface area contributed by atoms with Crippen LogP contribution in [0.5, 0.6) is 0 Å². The van der Waals surface area contributed by atoms with Crippen molar-refractivity contribution in [2.75, 3.05) is 0 Å². The molecule has 2 N–H and O–H groups in total. The molecule has 0 fully saturated rings. The number of aromatic nitrogens is 2. The van der Waals surface area contributed by atoms with E-state index in [0.29, 0.717) is 11.3 Å². The second-order valence-corrected chi connectivity index (χ2v) is 4.96. The van der Waals surface area contributed by atoms with Gasteiger partial charge in [0, 0.05) is 17.3 Å². The lowest BCUT2D eigenvalue weighted by molar-refractivity contribution is -0.136. The first kappa shape index (κ1) is 16.2. The van der Waals surface area contributed by atoms with Gasteiger partial charge in [-0.3, -0.25) is 14.3 Å². The van der Waals surface area contributed by atoms with Gasteiger partial charge in [-0.1, -0.05) is 13.8 Å². The van der Waals surface area contributed by atoms with Crippen molar-refractivity contribution in [1.29, 1.82) is 0 Å². The summed E-state index contributed by atoms with van der Waals surface area (Å²) in [4.78, 5) is 22.8. The quantitative estimate of drug-likeness (QED) is 0.792. The maximum Gasteiger partial charge on any atom is 0.307 e. The number of hydrogen-bond acceptors (Lipinski definition) is 3. The number of carboxylic acid groups (broad SMARTS) is 1. The Kier molecular flexibility index (Phi) is 5.73. The average Bonchev–Trinajstić information content (AvgIpc) is 2.63. The number of aryl methyl sites for hydroxylation is 1. The summed E-state index contributed by atoms with van der Waals surface area (Å²) in [6.07, 6.45) is 1.72. The largest absolute Gasteiger partial charge is 0.481 e. The van der Waals surface area contributed by atoms with Crippen molar-refractivity contribution in [3.63, 3.8) is 0 Å². The Morgan fingerprint density at radius 3 is 2.40 bits per heavy atom. The highest BCUT2D eigenvalue weighted by Crippen LogP contribution is 2.13. The van der Waals surface area contributed by atoms with Gasteiger partial charge in [-0.25, -0.2) is 0 Å². The Hall–Kier alpha value is -1.85. The van der Waals surface area contributed by atoms with Gasteiger partial charge in [0.25, 0.3) is 0 Å². The molecule has 0 bridgehead atoms. The summed E-state index contributed by atoms with van der Waals surface area (Å²) < 4.78 is 1.57. The minimum atomic E-state index is -0.891. The van der Waals surface area contributed by atoms with Crippen LogP contribution in [-0.4, -0.2) is 32.8 Å². The van der Waals surface area contributed by atoms with Gasteiger partial charge >= 0.3 is 5.97 Å². The third-order valence-electron chi connectivity index (χ3n) is 3.50. The van der Waals surface area contributed by atoms with E-state index in [1.54, 1.807) is 18.5 Å². The molecule has 0 saturated carbocycles. The van der Waals surface area contributed by atoms with Crippen LogP contribution in [0.15, 0.2) is 0 Å². The molecule has 0 unspecified atom stereocenters. The highest BCUT2D eigenvalue weighted by Gasteiger charge is 2.16. The number of nitrogens with one attached hydrogen (secondary N) is 1. The fraction of sp³-hybridized carbons (Fsp3) is 0.643. The Bertz CT molecular complexity index is 490. The van der Waals surface area contributed by atoms with Crippen LogP contribution in [0, 0.1) is 13.8 Å². The summed E-state index contributed by atoms with van der Waals surface area (Å²) in [7, 11) is 0. The second-order valence-electron chi connectivity index (χ2n) is 4.96. The number of carboxylic acids is 1. The molecule has 0 spiro atoms. The van der Waals surface area contributed by atoms with Gasteiger partial charge in [0.15, 0.2) is 0 Å². The van der Waals surface area contributed by atoms with Gasteiger partial charge in [-0.05, 0) is 26.7 Å². The summed E-state index contributed by atoms with van der Waals surface area (Å²) in [5.74, 6) is -0.983. The van der Waals surface area contributed by atoms with Gasteiger partial charge in [0.05, 0.1) is 12.1 Å². The summed E-state index contributed by atoms with van der Waals surface area (Å²) >= 11 is 0. The Labute approximate surface area is 119 Å². The third-order valence-corrected chi connectivity index (χ3v) is 3.50. The van der Waals surface area contributed by atoms with Crippen LogP contribution in [0.4, 0.5) is 0 Å². The fourth-order valence-electron chi connectivity index (χ4n) is 2.20. The Balaban J connectivity index is 2.78. The van der Waals surface area contributed by atoms with Crippen LogP contribution in [0.25, 0.3) is 0 Å². The van der Waals surface area contributed by atoms with Crippen molar-refractivity contribution in [1.82, 2.24) is 15.1 Å². The van der Waals surface area contributed by atoms with Gasteiger partial charge < -0.3 is 10.4 Å². The Morgan fingerprint density at radius 1 is 1.30 bits per heavy atom. The maximum absolute atomic E-state index is 11.9. The molecule has 0 radical (unpaired) electrons. The molecule has 0 aliphatic heterocycles. The lowest BCUT2D eigenvalue weighted by Gasteiger charge is -2.15. The van der Waals surface area contributed by atoms with E-state index in [0.717, 1.165) is 18.5 Å². The number of rotatable bonds is 7. The Morgan fingerprint density at radius 2 is 1.90 bits per heavy atom. The summed E-state index contributed by atoms with van der Waals surface area (Å²) in [6, 6.07) is 0.179. The highest BCUT2D eigenvalue weighted by atomic mass is 16.4. The number of carbonyl (C=O) groups is 2. The molecule has 6 heteroatoms. The summed E-state index contributed by atoms with van der Waals surface area (Å²) in [6.45, 7) is 7.75. The first-order valence-corrected chi connectivity index (χ1v) is 6.93. The molecule has 0 saturated heterocycles. The van der Waals surface area contributed by atoms with E-state index in [9.17, 15) is 9.59 Å². The maximum atomic E-state index is 11.9. The van der Waals surface area contributed by atoms with Crippen molar-refractivity contribution in [2.24, 2.45) is 0 Å². The molecule has 6 nitrogen and oxygen atoms in total. The zero-order chi connectivity index (χ0) is 15.3. The van der Waals surface area contributed by atoms with Crippen LogP contribution in [-0.2, 0) is 22.6 Å². The van der Waals surface area contributed by atoms with E-state index in [1.807, 2.05) is 13.8 Å². The van der Waals surface area contributed by atoms with E-state index in [1.165, 1.54) is 0 Å². The number of nitrogens with zero attached hydrogens (tertiary/aromatic N) is 2. The van der Waals surface area contributed by atoms with E-state index in [-0.39, 0.29) is 24.9 Å². The van der Waals surface area contributed by atoms with E-state index in [4.69, 9.17) is 5.11 Å². The van der Waals surface area contributed by atoms with Crippen molar-refractivity contribution < 1.29 is 14.7 Å². The van der Waals surface area contributed by atoms with Gasteiger partial charge in [0.2, 0.25) is 5.91 Å². The van der Waals surface area contributed by atoms with Gasteiger partial charge in [-0.2, -0.15) is 5.10 Å². The molecule has 20 heavy (non-hydrogen) atoms. The predicted molar refractivity (Wildman–Crippen MR) is 75.6 cm³/mol. The van der Waals surface area contributed by atoms with E-state index >= 15 is 0 Å². The molecule has 1 aromatic rings. The zero-order valence-corrected chi connectivity index (χ0v) is 12.6. The van der Waals surface area contributed by atoms with Crippen LogP contribution in [0.2, 0.25) is 0 Å². The lowest BCUT2D eigenvalue weighted by atomic mass is 10.1. The van der Waals surface area contributed by atoms with Crippen molar-refractivity contribution in [3.05, 3.63) is 17.0 Å². The molecule has 0 atom stereocenters. The molecule has 1 aromatic heterocycles. The van der Waals surface area contributed by atoms with Crippen molar-refractivity contribution in [3.8, 4) is 0 Å². The number of carbonyl (C=O) groups excluding carboxylic acids is 1. The molecule has 1 rings (SSSR count). The molecular weight excluding hydrogens is 258 g/mol. The normalized spacial score (nSPS) is 10.8. The summed E-state index contributed by atoms with van der Waals surface area (Å²) in [5.41, 5.74) is 2.10. The highest BCUT2D eigenvalue weighted by molar-refractivity contribution is 5.76. The van der Waals surface area contributed by atoms with Crippen LogP contribution in [0.1, 0.15) is 43.6 Å². The topological polar surface area (TPSA) is 84.2 Å². The molecule has 0 aliphatic rings. The molecule has 0 aromatic carbocycles. The second kappa shape index (κ2) is 7.07. The minimum Gasteiger partial charge on any atom is -0.481 e. The minimum absolute atomic E-state index is 0.0637. The van der Waals surface area contributed by atoms with Gasteiger partial charge in [0.1, 0.15) is 6.54 Å². The monoisotopic (exact) mass is 281 g/mol. The number of amides is 1. The van der Waals surface area contributed by atoms with Crippen molar-refractivity contribution in [2.45, 2.75) is 59.5 Å². The molecule has 1 heterocycles. The molecule has 1 amide bonds. The molecule has 0 aliphatic carbocycles. The van der Waals surface area contributed by atoms with E-state index < -0.39 is 5.97 Å². The van der Waals surface area contributed by atoms with Gasteiger partial charge in [-0.15, -0.1) is 0 Å². The number of hydrogen-bond donors (Lipinski definition) is 2. The molecule has 112 valence electrons. The first-order valence-electron chi connectivity index (χ1n) is 6.93. The van der Waals surface area contributed by atoms with Crippen LogP contribution in [0.3, 0.4) is 0 Å². The molecular formula is C14H23N3O3. The van der Waals surface area contributed by atoms with E-state index in [2.05, 4.69) is 10.4 Å². The SMILES string of the molecule is CCC(CC)NC(=O)Cn1nc(C)c(CC(=O)O)c1C. The van der Waals surface area contributed by atoms with Crippen molar-refractivity contribution >= 4 is 11.9 Å². The third kappa shape index (κ3) is 4.08. The standard InChI is InChI=1S/C14H23N3O3/c1-5-11(6-2)15-13(18)8-17-10(4)12(7-14(19)20)9(3)16-17/h11H,5-8H2,1-4H3,(H,15,18)(H,19,20). The fourth-order valence-corrected chi connectivity index (χ4v) is 2.20. The van der Waals surface area contributed by atoms with Crippen LogP contribution < -0.4 is 5.32 Å². The zero-order valence-electron chi connectivity index (χ0n) is 12.6. The summed E-state index contributed by atoms with van der Waals surface area (Å²) in [5, 5.41) is 16.1. The average molecular weight is 281 g/mol. The predicted octanol–water partition coefficient (Wildman–Crippen LogP) is 1.43.